The first-order valence-corrected chi connectivity index (χ1v) is 10.5. The first kappa shape index (κ1) is 18.6. The van der Waals surface area contributed by atoms with Crippen LogP contribution in [-0.2, 0) is 25.9 Å². The van der Waals surface area contributed by atoms with Crippen LogP contribution < -0.4 is 0 Å². The first-order chi connectivity index (χ1) is 13.0. The molecular weight excluding hydrogens is 352 g/mol. The van der Waals surface area contributed by atoms with Crippen molar-refractivity contribution in [1.29, 1.82) is 0 Å². The Bertz CT molecular complexity index is 968. The molecule has 2 heterocycles. The standard InChI is InChI=1S/C24H29ClN2/c1-5-26-15-21-22(14-18(26)4)27(13-12-19-8-10-20(25)11-9-19)24-17(3)7-6-16(2)23(21)24/h6-11,18H,5,12-15H2,1-4H3. The van der Waals surface area contributed by atoms with Gasteiger partial charge in [-0.15, -0.1) is 0 Å². The summed E-state index contributed by atoms with van der Waals surface area (Å²) in [4.78, 5) is 2.60. The van der Waals surface area contributed by atoms with E-state index in [9.17, 15) is 0 Å². The molecule has 142 valence electrons. The van der Waals surface area contributed by atoms with Gasteiger partial charge in [-0.3, -0.25) is 4.90 Å². The van der Waals surface area contributed by atoms with E-state index >= 15 is 0 Å². The van der Waals surface area contributed by atoms with Crippen molar-refractivity contribution in [1.82, 2.24) is 9.47 Å². The van der Waals surface area contributed by atoms with Crippen molar-refractivity contribution in [3.8, 4) is 0 Å². The number of likely N-dealkylation sites (N-methyl/N-ethyl adjacent to an activating group) is 1. The second-order valence-corrected chi connectivity index (χ2v) is 8.43. The lowest BCUT2D eigenvalue weighted by atomic mass is 9.97. The van der Waals surface area contributed by atoms with E-state index in [1.165, 1.54) is 27.6 Å². The van der Waals surface area contributed by atoms with E-state index in [1.54, 1.807) is 11.3 Å². The minimum Gasteiger partial charge on any atom is -0.344 e. The monoisotopic (exact) mass is 380 g/mol. The van der Waals surface area contributed by atoms with Gasteiger partial charge in [0.05, 0.1) is 5.52 Å². The fourth-order valence-corrected chi connectivity index (χ4v) is 4.83. The lowest BCUT2D eigenvalue weighted by Crippen LogP contribution is -2.38. The van der Waals surface area contributed by atoms with Gasteiger partial charge in [0.25, 0.3) is 0 Å². The van der Waals surface area contributed by atoms with E-state index in [2.05, 4.69) is 61.4 Å². The highest BCUT2D eigenvalue weighted by Gasteiger charge is 2.28. The normalized spacial score (nSPS) is 17.4. The Morgan fingerprint density at radius 1 is 1.04 bits per heavy atom. The van der Waals surface area contributed by atoms with E-state index < -0.39 is 0 Å². The van der Waals surface area contributed by atoms with Gasteiger partial charge in [0.2, 0.25) is 0 Å². The molecule has 3 heteroatoms. The summed E-state index contributed by atoms with van der Waals surface area (Å²) in [6.07, 6.45) is 2.17. The number of benzene rings is 2. The van der Waals surface area contributed by atoms with Crippen LogP contribution in [0.5, 0.6) is 0 Å². The fourth-order valence-electron chi connectivity index (χ4n) is 4.70. The maximum Gasteiger partial charge on any atom is 0.0518 e. The molecule has 1 atom stereocenters. The highest BCUT2D eigenvalue weighted by atomic mass is 35.5. The third-order valence-corrected chi connectivity index (χ3v) is 6.50. The van der Waals surface area contributed by atoms with Crippen LogP contribution in [-0.4, -0.2) is 22.1 Å². The molecule has 0 saturated heterocycles. The number of halogens is 1. The molecule has 0 amide bonds. The lowest BCUT2D eigenvalue weighted by Gasteiger charge is -2.33. The van der Waals surface area contributed by atoms with Crippen molar-refractivity contribution in [2.45, 2.75) is 59.7 Å². The van der Waals surface area contributed by atoms with Gasteiger partial charge in [0.15, 0.2) is 0 Å². The minimum absolute atomic E-state index is 0.599. The molecule has 1 aromatic heterocycles. The van der Waals surface area contributed by atoms with Crippen LogP contribution in [0.1, 0.15) is 41.8 Å². The van der Waals surface area contributed by atoms with Crippen molar-refractivity contribution >= 4 is 22.5 Å². The van der Waals surface area contributed by atoms with E-state index in [0.29, 0.717) is 6.04 Å². The van der Waals surface area contributed by atoms with Crippen LogP contribution in [0, 0.1) is 13.8 Å². The maximum absolute atomic E-state index is 6.06. The molecule has 0 radical (unpaired) electrons. The zero-order valence-electron chi connectivity index (χ0n) is 16.8. The molecule has 3 aromatic rings. The summed E-state index contributed by atoms with van der Waals surface area (Å²) < 4.78 is 2.62. The number of aromatic nitrogens is 1. The van der Waals surface area contributed by atoms with Gasteiger partial charge in [-0.2, -0.15) is 0 Å². The summed E-state index contributed by atoms with van der Waals surface area (Å²) in [7, 11) is 0. The summed E-state index contributed by atoms with van der Waals surface area (Å²) in [5.41, 5.74) is 8.69. The Hall–Kier alpha value is -1.77. The van der Waals surface area contributed by atoms with Crippen LogP contribution in [0.4, 0.5) is 0 Å². The molecule has 1 unspecified atom stereocenters. The molecule has 1 aliphatic rings. The lowest BCUT2D eigenvalue weighted by molar-refractivity contribution is 0.192. The SMILES string of the molecule is CCN1Cc2c(n(CCc3ccc(Cl)cc3)c3c(C)ccc(C)c23)CC1C. The smallest absolute Gasteiger partial charge is 0.0518 e. The second-order valence-electron chi connectivity index (χ2n) is 7.99. The van der Waals surface area contributed by atoms with Gasteiger partial charge < -0.3 is 4.57 Å². The molecule has 0 N–H and O–H groups in total. The fraction of sp³-hybridized carbons (Fsp3) is 0.417. The van der Waals surface area contributed by atoms with Crippen molar-refractivity contribution in [3.05, 3.63) is 69.4 Å². The number of hydrogen-bond donors (Lipinski definition) is 0. The average Bonchev–Trinajstić information content (AvgIpc) is 2.98. The van der Waals surface area contributed by atoms with Crippen molar-refractivity contribution in [3.63, 3.8) is 0 Å². The van der Waals surface area contributed by atoms with Crippen molar-refractivity contribution in [2.75, 3.05) is 6.54 Å². The number of fused-ring (bicyclic) bond motifs is 3. The summed E-state index contributed by atoms with van der Waals surface area (Å²) in [5.74, 6) is 0. The van der Waals surface area contributed by atoms with Gasteiger partial charge in [0, 0.05) is 41.7 Å². The number of nitrogens with zero attached hydrogens (tertiary/aromatic N) is 2. The first-order valence-electron chi connectivity index (χ1n) is 10.1. The molecule has 1 aliphatic heterocycles. The van der Waals surface area contributed by atoms with E-state index in [1.807, 2.05) is 12.1 Å². The van der Waals surface area contributed by atoms with Crippen molar-refractivity contribution < 1.29 is 0 Å². The van der Waals surface area contributed by atoms with Crippen molar-refractivity contribution in [2.24, 2.45) is 0 Å². The molecule has 27 heavy (non-hydrogen) atoms. The maximum atomic E-state index is 6.06. The third-order valence-electron chi connectivity index (χ3n) is 6.25. The molecule has 0 bridgehead atoms. The van der Waals surface area contributed by atoms with Gasteiger partial charge >= 0.3 is 0 Å². The topological polar surface area (TPSA) is 8.17 Å². The van der Waals surface area contributed by atoms with Crippen LogP contribution in [0.2, 0.25) is 5.02 Å². The molecular formula is C24H29ClN2. The molecule has 4 rings (SSSR count). The van der Waals surface area contributed by atoms with Gasteiger partial charge in [-0.05, 0) is 68.1 Å². The van der Waals surface area contributed by atoms with Gasteiger partial charge in [-0.1, -0.05) is 42.8 Å². The van der Waals surface area contributed by atoms with Gasteiger partial charge in [0.1, 0.15) is 0 Å². The van der Waals surface area contributed by atoms with Crippen LogP contribution in [0.3, 0.4) is 0 Å². The predicted octanol–water partition coefficient (Wildman–Crippen LogP) is 5.92. The Morgan fingerprint density at radius 2 is 1.74 bits per heavy atom. The van der Waals surface area contributed by atoms with Gasteiger partial charge in [-0.25, -0.2) is 0 Å². The second kappa shape index (κ2) is 7.33. The van der Waals surface area contributed by atoms with Crippen LogP contribution in [0.25, 0.3) is 10.9 Å². The van der Waals surface area contributed by atoms with Crippen LogP contribution >= 0.6 is 11.6 Å². The summed E-state index contributed by atoms with van der Waals surface area (Å²) in [6, 6.07) is 13.5. The molecule has 0 fully saturated rings. The van der Waals surface area contributed by atoms with E-state index in [4.69, 9.17) is 11.6 Å². The molecule has 2 nitrogen and oxygen atoms in total. The zero-order chi connectivity index (χ0) is 19.1. The van der Waals surface area contributed by atoms with E-state index in [-0.39, 0.29) is 0 Å². The Morgan fingerprint density at radius 3 is 2.44 bits per heavy atom. The number of hydrogen-bond acceptors (Lipinski definition) is 1. The molecule has 0 saturated carbocycles. The minimum atomic E-state index is 0.599. The Labute approximate surface area is 167 Å². The van der Waals surface area contributed by atoms with E-state index in [0.717, 1.165) is 37.5 Å². The summed E-state index contributed by atoms with van der Waals surface area (Å²) >= 11 is 6.06. The Balaban J connectivity index is 1.81. The highest BCUT2D eigenvalue weighted by Crippen LogP contribution is 2.36. The molecule has 2 aromatic carbocycles. The number of aryl methyl sites for hydroxylation is 4. The van der Waals surface area contributed by atoms with Crippen LogP contribution in [0.15, 0.2) is 36.4 Å². The Kier molecular flexibility index (Phi) is 5.05. The largest absolute Gasteiger partial charge is 0.344 e. The number of rotatable bonds is 4. The quantitative estimate of drug-likeness (QED) is 0.545. The summed E-state index contributed by atoms with van der Waals surface area (Å²) in [6.45, 7) is 12.4. The highest BCUT2D eigenvalue weighted by molar-refractivity contribution is 6.30. The molecule has 0 spiro atoms. The predicted molar refractivity (Wildman–Crippen MR) is 116 cm³/mol. The third kappa shape index (κ3) is 3.30. The zero-order valence-corrected chi connectivity index (χ0v) is 17.6. The average molecular weight is 381 g/mol. The molecule has 0 aliphatic carbocycles. The summed E-state index contributed by atoms with van der Waals surface area (Å²) in [5, 5.41) is 2.30.